The van der Waals surface area contributed by atoms with Crippen molar-refractivity contribution in [3.63, 3.8) is 0 Å². The number of rotatable bonds is 6. The van der Waals surface area contributed by atoms with Crippen LogP contribution >= 0.6 is 15.8 Å². The Morgan fingerprint density at radius 3 is 0.980 bits per heavy atom. The first-order valence-electron chi connectivity index (χ1n) is 16.2. The second-order valence-corrected chi connectivity index (χ2v) is 16.7. The minimum absolute atomic E-state index is 0. The number of para-hydroxylation sites is 2. The van der Waals surface area contributed by atoms with Gasteiger partial charge in [-0.25, -0.2) is 12.4 Å². The molecule has 49 heavy (non-hydrogen) atoms. The molecule has 1 heterocycles. The van der Waals surface area contributed by atoms with Crippen molar-refractivity contribution < 1.29 is 21.8 Å². The molecule has 0 fully saturated rings. The fourth-order valence-electron chi connectivity index (χ4n) is 6.29. The van der Waals surface area contributed by atoms with Crippen LogP contribution < -0.4 is 36.6 Å². The average Bonchev–Trinajstić information content (AvgIpc) is 3.12. The van der Waals surface area contributed by atoms with E-state index < -0.39 is 15.8 Å². The smallest absolute Gasteiger partial charge is 0.814 e. The molecule has 0 saturated heterocycles. The van der Waals surface area contributed by atoms with E-state index in [9.17, 15) is 0 Å². The zero-order valence-corrected chi connectivity index (χ0v) is 31.2. The molecule has 0 unspecified atom stereocenters. The molecule has 0 N–H and O–H groups in total. The Morgan fingerprint density at radius 1 is 0.449 bits per heavy atom. The molecule has 0 aliphatic carbocycles. The Bertz CT molecular complexity index is 1720. The largest absolute Gasteiger partial charge is 2.00 e. The van der Waals surface area contributed by atoms with E-state index in [0.717, 1.165) is 23.9 Å². The van der Waals surface area contributed by atoms with Gasteiger partial charge in [0, 0.05) is 16.5 Å². The van der Waals surface area contributed by atoms with Gasteiger partial charge in [-0.3, -0.25) is 0 Å². The number of fused-ring (bicyclic) bond motifs is 2. The predicted molar refractivity (Wildman–Crippen MR) is 215 cm³/mol. The van der Waals surface area contributed by atoms with E-state index in [1.165, 1.54) is 43.0 Å². The van der Waals surface area contributed by atoms with Gasteiger partial charge in [-0.15, -0.1) is 0 Å². The van der Waals surface area contributed by atoms with Gasteiger partial charge in [-0.1, -0.05) is 125 Å². The van der Waals surface area contributed by atoms with Crippen molar-refractivity contribution in [3.8, 4) is 11.5 Å². The van der Waals surface area contributed by atoms with E-state index in [-0.39, 0.29) is 22.5 Å². The van der Waals surface area contributed by atoms with Gasteiger partial charge in [0.05, 0.1) is 0 Å². The van der Waals surface area contributed by atoms with Crippen LogP contribution in [0, 0.1) is 0 Å². The molecule has 6 heteroatoms. The summed E-state index contributed by atoms with van der Waals surface area (Å²) in [7, 11) is -2.64. The summed E-state index contributed by atoms with van der Waals surface area (Å²) >= 11 is 0. The molecule has 1 aliphatic rings. The molecule has 6 aromatic rings. The van der Waals surface area contributed by atoms with Crippen LogP contribution in [0.15, 0.2) is 158 Å². The molecule has 0 spiro atoms. The van der Waals surface area contributed by atoms with Crippen molar-refractivity contribution in [2.45, 2.75) is 33.1 Å². The van der Waals surface area contributed by atoms with Crippen LogP contribution in [0.5, 0.6) is 11.5 Å². The van der Waals surface area contributed by atoms with Crippen molar-refractivity contribution in [1.29, 1.82) is 0 Å². The third-order valence-electron chi connectivity index (χ3n) is 8.37. The Kier molecular flexibility index (Phi) is 13.8. The van der Waals surface area contributed by atoms with Gasteiger partial charge in [0.25, 0.3) is 0 Å². The molecular formula is C43H42CuN2OP2+2. The van der Waals surface area contributed by atoms with Crippen molar-refractivity contribution in [2.75, 3.05) is 0 Å². The molecule has 0 atom stereocenters. The molecular weight excluding hydrogens is 686 g/mol. The second kappa shape index (κ2) is 18.0. The zero-order valence-electron chi connectivity index (χ0n) is 28.3. The zero-order chi connectivity index (χ0) is 33.9. The van der Waals surface area contributed by atoms with Crippen LogP contribution in [0.25, 0.3) is 10.8 Å². The van der Waals surface area contributed by atoms with Crippen LogP contribution in [0.4, 0.5) is 0 Å². The number of hydrogen-bond acceptors (Lipinski definition) is 1. The molecule has 3 nitrogen and oxygen atoms in total. The maximum Gasteiger partial charge on any atom is 2.00 e. The molecule has 0 bridgehead atoms. The summed E-state index contributed by atoms with van der Waals surface area (Å²) in [5.41, 5.74) is 2.30. The predicted octanol–water partition coefficient (Wildman–Crippen LogP) is 8.39. The first-order chi connectivity index (χ1) is 23.5. The minimum Gasteiger partial charge on any atom is -0.814 e. The van der Waals surface area contributed by atoms with Crippen LogP contribution in [0.1, 0.15) is 38.8 Å². The van der Waals surface area contributed by atoms with Crippen molar-refractivity contribution >= 4 is 60.1 Å². The fraction of sp³-hybridized carbons (Fsp3) is 0.116. The third kappa shape index (κ3) is 8.36. The van der Waals surface area contributed by atoms with Crippen LogP contribution in [0.3, 0.4) is 0 Å². The average molecular weight is 728 g/mol. The van der Waals surface area contributed by atoms with Gasteiger partial charge in [0.2, 0.25) is 0 Å². The van der Waals surface area contributed by atoms with E-state index >= 15 is 0 Å². The molecule has 249 valence electrons. The summed E-state index contributed by atoms with van der Waals surface area (Å²) in [5.74, 6) is 2.07. The van der Waals surface area contributed by atoms with Crippen LogP contribution in [0.2, 0.25) is 0 Å². The number of nitrogens with zero attached hydrogens (tertiary/aromatic N) is 2. The quantitative estimate of drug-likeness (QED) is 0.0967. The third-order valence-corrected chi connectivity index (χ3v) is 13.9. The second-order valence-electron chi connectivity index (χ2n) is 11.8. The summed E-state index contributed by atoms with van der Waals surface area (Å²) < 4.78 is 7.27. The summed E-state index contributed by atoms with van der Waals surface area (Å²) in [6.07, 6.45) is 2.00. The van der Waals surface area contributed by atoms with E-state index in [1.807, 2.05) is 0 Å². The SMILES string of the molecule is CC1(C)c2cccc([PH+](c3ccccc3)c3ccccc3)c2Oc2c([PH+](c3ccccc3)c3ccccc3)cccc21.CC=[N-].CC=[N-].[Cu+2]. The van der Waals surface area contributed by atoms with Gasteiger partial charge in [0.15, 0.2) is 11.5 Å². The van der Waals surface area contributed by atoms with E-state index in [1.54, 1.807) is 13.8 Å². The molecule has 6 aromatic carbocycles. The maximum absolute atomic E-state index is 7.44. The Morgan fingerprint density at radius 2 is 0.714 bits per heavy atom. The summed E-state index contributed by atoms with van der Waals surface area (Å²) in [4.78, 5) is 0. The number of ether oxygens (including phenoxy) is 1. The van der Waals surface area contributed by atoms with Gasteiger partial charge >= 0.3 is 17.1 Å². The Labute approximate surface area is 304 Å². The van der Waals surface area contributed by atoms with Crippen molar-refractivity contribution in [3.05, 3.63) is 180 Å². The summed E-state index contributed by atoms with van der Waals surface area (Å²) in [6.45, 7) is 7.82. The van der Waals surface area contributed by atoms with Crippen LogP contribution in [-0.2, 0) is 22.5 Å². The Hall–Kier alpha value is -4.16. The normalized spacial score (nSPS) is 12.0. The first-order valence-corrected chi connectivity index (χ1v) is 19.2. The van der Waals surface area contributed by atoms with E-state index in [0.29, 0.717) is 0 Å². The molecule has 7 rings (SSSR count). The standard InChI is InChI=1S/C39H32OP2.2C2H4N.Cu/c1-39(2)33-25-15-27-35(41(29-17-7-3-8-18-29)30-19-9-4-10-20-30)37(33)40-38-34(39)26-16-28-36(38)42(31-21-11-5-12-22-31)32-23-13-6-14-24-32;2*1-2-3;/h3-28H,1-2H3;2*2H,1H3;/q;2*-1;+2/p+2. The van der Waals surface area contributed by atoms with Gasteiger partial charge in [-0.2, -0.15) is 0 Å². The van der Waals surface area contributed by atoms with Gasteiger partial charge < -0.3 is 15.6 Å². The van der Waals surface area contributed by atoms with Crippen molar-refractivity contribution in [2.24, 2.45) is 0 Å². The minimum atomic E-state index is -1.32. The Balaban J connectivity index is 0.000000722. The van der Waals surface area contributed by atoms with Crippen molar-refractivity contribution in [1.82, 2.24) is 0 Å². The number of benzene rings is 6. The molecule has 0 amide bonds. The van der Waals surface area contributed by atoms with E-state index in [4.69, 9.17) is 15.6 Å². The first kappa shape index (κ1) is 37.7. The summed E-state index contributed by atoms with van der Waals surface area (Å²) in [6, 6.07) is 57.5. The van der Waals surface area contributed by atoms with Gasteiger partial charge in [0.1, 0.15) is 47.7 Å². The summed E-state index contributed by atoms with van der Waals surface area (Å²) in [5, 5.41) is 22.9. The van der Waals surface area contributed by atoms with Crippen LogP contribution in [-0.4, -0.2) is 12.4 Å². The topological polar surface area (TPSA) is 53.8 Å². The fourth-order valence-corrected chi connectivity index (χ4v) is 11.7. The van der Waals surface area contributed by atoms with Gasteiger partial charge in [-0.05, 0) is 60.7 Å². The number of hydrogen-bond donors (Lipinski definition) is 0. The molecule has 1 aliphatic heterocycles. The van der Waals surface area contributed by atoms with E-state index in [2.05, 4.69) is 172 Å². The molecule has 0 aromatic heterocycles. The maximum atomic E-state index is 7.44. The molecule has 1 radical (unpaired) electrons. The molecule has 0 saturated carbocycles. The monoisotopic (exact) mass is 727 g/mol.